The number of nitrogens with zero attached hydrogens (tertiary/aromatic N) is 4. The van der Waals surface area contributed by atoms with Crippen LogP contribution >= 0.6 is 0 Å². The molecule has 1 aliphatic rings. The van der Waals surface area contributed by atoms with E-state index >= 15 is 0 Å². The summed E-state index contributed by atoms with van der Waals surface area (Å²) in [5.74, 6) is 0. The van der Waals surface area contributed by atoms with Crippen LogP contribution in [0, 0.1) is 10.1 Å². The minimum absolute atomic E-state index is 0.163. The highest BCUT2D eigenvalue weighted by atomic mass is 32.2. The Bertz CT molecular complexity index is 1520. The first-order valence-electron chi connectivity index (χ1n) is 12.4. The van der Waals surface area contributed by atoms with Gasteiger partial charge in [-0.15, -0.1) is 0 Å². The van der Waals surface area contributed by atoms with Gasteiger partial charge >= 0.3 is 0 Å². The zero-order valence-corrected chi connectivity index (χ0v) is 26.4. The number of aliphatic hydroxyl groups excluding tert-OH is 2. The molecule has 3 N–H and O–H groups in total. The number of aliphatic hydroxyl groups is 2. The summed E-state index contributed by atoms with van der Waals surface area (Å²) in [7, 11) is -17.2. The molecule has 1 aromatic carbocycles. The molecule has 0 aliphatic carbocycles. The molecule has 23 heteroatoms. The number of nitro groups is 1. The number of anilines is 1. The van der Waals surface area contributed by atoms with Gasteiger partial charge in [0.05, 0.1) is 49.0 Å². The fourth-order valence-corrected chi connectivity index (χ4v) is 7.63. The number of benzene rings is 1. The summed E-state index contributed by atoms with van der Waals surface area (Å²) in [6.45, 7) is -3.58. The van der Waals surface area contributed by atoms with Gasteiger partial charge in [-0.05, 0) is 6.07 Å². The maximum absolute atomic E-state index is 13.8. The van der Waals surface area contributed by atoms with Crippen molar-refractivity contribution in [3.8, 4) is 0 Å². The minimum Gasteiger partial charge on any atom is -0.394 e. The van der Waals surface area contributed by atoms with Crippen molar-refractivity contribution in [3.63, 3.8) is 0 Å². The van der Waals surface area contributed by atoms with Crippen LogP contribution in [0.3, 0.4) is 0 Å². The molecule has 0 radical (unpaired) electrons. The van der Waals surface area contributed by atoms with Crippen LogP contribution in [0.15, 0.2) is 23.1 Å². The van der Waals surface area contributed by atoms with E-state index in [9.17, 15) is 53.4 Å². The molecule has 0 amide bonds. The first-order chi connectivity index (χ1) is 19.7. The third-order valence-corrected chi connectivity index (χ3v) is 10.4. The second-order valence-electron chi connectivity index (χ2n) is 9.43. The van der Waals surface area contributed by atoms with Gasteiger partial charge in [0.15, 0.2) is 0 Å². The van der Waals surface area contributed by atoms with Gasteiger partial charge in [0.2, 0.25) is 10.0 Å². The van der Waals surface area contributed by atoms with E-state index in [4.69, 9.17) is 13.5 Å². The van der Waals surface area contributed by atoms with E-state index in [1.54, 1.807) is 0 Å². The Kier molecular flexibility index (Phi) is 12.8. The van der Waals surface area contributed by atoms with Crippen molar-refractivity contribution < 1.29 is 61.7 Å². The smallest absolute Gasteiger partial charge is 0.281 e. The highest BCUT2D eigenvalue weighted by molar-refractivity contribution is 7.89. The summed E-state index contributed by atoms with van der Waals surface area (Å²) in [4.78, 5) is 12.5. The van der Waals surface area contributed by atoms with E-state index in [2.05, 4.69) is 0 Å². The predicted molar refractivity (Wildman–Crippen MR) is 150 cm³/mol. The third-order valence-electron chi connectivity index (χ3n) is 6.14. The van der Waals surface area contributed by atoms with Gasteiger partial charge in [-0.25, -0.2) is 8.42 Å². The van der Waals surface area contributed by atoms with Crippen molar-refractivity contribution in [2.45, 2.75) is 22.8 Å². The molecule has 2 rings (SSSR count). The van der Waals surface area contributed by atoms with E-state index in [0.29, 0.717) is 0 Å². The van der Waals surface area contributed by atoms with Gasteiger partial charge in [0.25, 0.3) is 36.0 Å². The van der Waals surface area contributed by atoms with Crippen LogP contribution < -0.4 is 4.90 Å². The van der Waals surface area contributed by atoms with Crippen LogP contribution in [-0.4, -0.2) is 146 Å². The maximum atomic E-state index is 13.8. The fourth-order valence-electron chi connectivity index (χ4n) is 4.17. The summed E-state index contributed by atoms with van der Waals surface area (Å²) >= 11 is 0. The van der Waals surface area contributed by atoms with E-state index < -0.39 is 93.6 Å². The number of nitro benzene ring substituents is 1. The average molecular weight is 699 g/mol. The lowest BCUT2D eigenvalue weighted by Crippen LogP contribution is -2.54. The number of rotatable bonds is 17. The van der Waals surface area contributed by atoms with Crippen molar-refractivity contribution in [1.29, 1.82) is 0 Å². The van der Waals surface area contributed by atoms with Crippen LogP contribution in [0.2, 0.25) is 0 Å². The van der Waals surface area contributed by atoms with Crippen molar-refractivity contribution >= 4 is 51.8 Å². The topological polar surface area (TPSA) is 269 Å². The molecular weight excluding hydrogens is 665 g/mol. The average Bonchev–Trinajstić information content (AvgIpc) is 2.88. The van der Waals surface area contributed by atoms with Crippen LogP contribution in [0.5, 0.6) is 0 Å². The Hall–Kier alpha value is -2.06. The third kappa shape index (κ3) is 11.4. The Balaban J connectivity index is 2.46. The minimum atomic E-state index is -4.75. The predicted octanol–water partition coefficient (Wildman–Crippen LogP) is -2.38. The number of non-ortho nitro benzene ring substituents is 1. The van der Waals surface area contributed by atoms with Crippen LogP contribution in [0.1, 0.15) is 6.42 Å². The molecule has 1 aliphatic heterocycles. The molecule has 0 aromatic heterocycles. The van der Waals surface area contributed by atoms with Gasteiger partial charge in [0.1, 0.15) is 10.3 Å². The van der Waals surface area contributed by atoms with E-state index in [1.807, 2.05) is 0 Å². The first kappa shape index (κ1) is 37.1. The first-order valence-corrected chi connectivity index (χ1v) is 18.9. The van der Waals surface area contributed by atoms with Crippen molar-refractivity contribution in [2.24, 2.45) is 0 Å². The highest BCUT2D eigenvalue weighted by Gasteiger charge is 2.38. The second kappa shape index (κ2) is 14.8. The van der Waals surface area contributed by atoms with E-state index in [1.165, 1.54) is 9.80 Å². The molecule has 1 saturated heterocycles. The van der Waals surface area contributed by atoms with Gasteiger partial charge in [-0.2, -0.15) is 29.6 Å². The van der Waals surface area contributed by atoms with Gasteiger partial charge < -0.3 is 15.1 Å². The van der Waals surface area contributed by atoms with Crippen LogP contribution in [-0.2, 0) is 48.7 Å². The molecule has 2 atom stereocenters. The summed E-state index contributed by atoms with van der Waals surface area (Å²) in [5.41, 5.74) is -0.769. The molecule has 0 saturated carbocycles. The van der Waals surface area contributed by atoms with Gasteiger partial charge in [-0.3, -0.25) is 27.9 Å². The molecule has 19 nitrogen and oxygen atoms in total. The Morgan fingerprint density at radius 2 is 1.47 bits per heavy atom. The molecular formula is C20H34N4O15S4. The standard InChI is InChI=1S/C20H34N4O15S4/c1-40(29,30)38-11-9-21(10-12-39-41(2,31)32)18-4-3-16(24(27)28)13-19(18)42(33,34)23-7-5-22(6-8-23)20(43(35,36)37)14-17(26)15-25/h3-4,13,17,20,25-26H,5-12,14-15H2,1-2H3,(H,35,36,37). The van der Waals surface area contributed by atoms with E-state index in [-0.39, 0.29) is 45.0 Å². The number of hydrogen-bond acceptors (Lipinski definition) is 16. The number of piperazine rings is 1. The van der Waals surface area contributed by atoms with E-state index in [0.717, 1.165) is 35.0 Å². The molecule has 1 aromatic rings. The zero-order valence-electron chi connectivity index (χ0n) is 23.1. The molecule has 43 heavy (non-hydrogen) atoms. The highest BCUT2D eigenvalue weighted by Crippen LogP contribution is 2.32. The molecule has 1 heterocycles. The molecule has 1 fully saturated rings. The fraction of sp³-hybridized carbons (Fsp3) is 0.700. The number of sulfonamides is 1. The largest absolute Gasteiger partial charge is 0.394 e. The quantitative estimate of drug-likeness (QED) is 0.0663. The maximum Gasteiger partial charge on any atom is 0.281 e. The number of hydrogen-bond donors (Lipinski definition) is 3. The molecule has 2 unspecified atom stereocenters. The summed E-state index contributed by atoms with van der Waals surface area (Å²) < 4.78 is 117. The van der Waals surface area contributed by atoms with Crippen molar-refractivity contribution in [3.05, 3.63) is 28.3 Å². The Morgan fingerprint density at radius 3 is 1.88 bits per heavy atom. The summed E-state index contributed by atoms with van der Waals surface area (Å²) in [6.07, 6.45) is -0.479. The summed E-state index contributed by atoms with van der Waals surface area (Å²) in [6, 6.07) is 2.86. The monoisotopic (exact) mass is 698 g/mol. The Morgan fingerprint density at radius 1 is 0.953 bits per heavy atom. The van der Waals surface area contributed by atoms with Crippen LogP contribution in [0.25, 0.3) is 0 Å². The van der Waals surface area contributed by atoms with Gasteiger partial charge in [-0.1, -0.05) is 0 Å². The molecule has 0 bridgehead atoms. The van der Waals surface area contributed by atoms with Crippen molar-refractivity contribution in [2.75, 3.05) is 76.5 Å². The molecule has 248 valence electrons. The second-order valence-corrected chi connectivity index (χ2v) is 16.2. The lowest BCUT2D eigenvalue weighted by molar-refractivity contribution is -0.385. The normalized spacial score (nSPS) is 17.4. The zero-order chi connectivity index (χ0) is 32.8. The van der Waals surface area contributed by atoms with Gasteiger partial charge in [0, 0.05) is 57.8 Å². The molecule has 0 spiro atoms. The SMILES string of the molecule is CS(=O)(=O)OCCN(CCOS(C)(=O)=O)c1ccc([N+](=O)[O-])cc1S(=O)(=O)N1CCN(C(CC(O)CO)S(=O)(=O)O)CC1. The summed E-state index contributed by atoms with van der Waals surface area (Å²) in [5, 5.41) is 28.7. The lowest BCUT2D eigenvalue weighted by Gasteiger charge is -2.38. The lowest BCUT2D eigenvalue weighted by atomic mass is 10.2. The Labute approximate surface area is 249 Å². The van der Waals surface area contributed by atoms with Crippen LogP contribution in [0.4, 0.5) is 11.4 Å². The van der Waals surface area contributed by atoms with Crippen molar-refractivity contribution in [1.82, 2.24) is 9.21 Å².